The summed E-state index contributed by atoms with van der Waals surface area (Å²) < 4.78 is 1.73. The van der Waals surface area contributed by atoms with E-state index in [9.17, 15) is 4.79 Å². The van der Waals surface area contributed by atoms with E-state index in [2.05, 4.69) is 39.7 Å². The number of aryl methyl sites for hydroxylation is 1. The van der Waals surface area contributed by atoms with Crippen molar-refractivity contribution in [2.45, 2.75) is 31.2 Å². The molecule has 0 aliphatic heterocycles. The molecule has 2 aromatic heterocycles. The predicted octanol–water partition coefficient (Wildman–Crippen LogP) is 2.79. The molecule has 0 unspecified atom stereocenters. The Balaban J connectivity index is 1.31. The van der Waals surface area contributed by atoms with E-state index in [4.69, 9.17) is 0 Å². The van der Waals surface area contributed by atoms with Gasteiger partial charge in [0.2, 0.25) is 5.91 Å². The maximum atomic E-state index is 12.8. The van der Waals surface area contributed by atoms with Crippen LogP contribution in [0.15, 0.2) is 61.1 Å². The SMILES string of the molecule is O=C(NCc1cccnc1-n1cccn1)[C@H]1C[C@@]12CCc1ccccc12. The van der Waals surface area contributed by atoms with Crippen molar-refractivity contribution in [2.75, 3.05) is 0 Å². The van der Waals surface area contributed by atoms with Crippen LogP contribution in [0.2, 0.25) is 0 Å². The fourth-order valence-corrected chi connectivity index (χ4v) is 4.41. The average molecular weight is 344 g/mol. The summed E-state index contributed by atoms with van der Waals surface area (Å²) in [6, 6.07) is 14.3. The van der Waals surface area contributed by atoms with E-state index < -0.39 is 0 Å². The molecule has 130 valence electrons. The second kappa shape index (κ2) is 5.80. The van der Waals surface area contributed by atoms with Gasteiger partial charge >= 0.3 is 0 Å². The molecule has 5 nitrogen and oxygen atoms in total. The molecule has 0 radical (unpaired) electrons. The van der Waals surface area contributed by atoms with E-state index in [1.165, 1.54) is 11.1 Å². The normalized spacial score (nSPS) is 23.0. The van der Waals surface area contributed by atoms with E-state index in [1.807, 2.05) is 24.4 Å². The van der Waals surface area contributed by atoms with Crippen LogP contribution >= 0.6 is 0 Å². The van der Waals surface area contributed by atoms with Gasteiger partial charge < -0.3 is 5.32 Å². The Kier molecular flexibility index (Phi) is 3.42. The van der Waals surface area contributed by atoms with Crippen LogP contribution in [0.5, 0.6) is 0 Å². The minimum Gasteiger partial charge on any atom is -0.352 e. The first kappa shape index (κ1) is 15.3. The summed E-state index contributed by atoms with van der Waals surface area (Å²) >= 11 is 0. The Morgan fingerprint density at radius 1 is 1.19 bits per heavy atom. The van der Waals surface area contributed by atoms with Crippen molar-refractivity contribution in [1.29, 1.82) is 0 Å². The Labute approximate surface area is 152 Å². The molecular formula is C21H20N4O. The largest absolute Gasteiger partial charge is 0.352 e. The molecule has 2 atom stereocenters. The molecule has 1 N–H and O–H groups in total. The van der Waals surface area contributed by atoms with Crippen molar-refractivity contribution < 1.29 is 4.79 Å². The fraction of sp³-hybridized carbons (Fsp3) is 0.286. The van der Waals surface area contributed by atoms with Gasteiger partial charge in [-0.25, -0.2) is 9.67 Å². The molecule has 1 saturated carbocycles. The minimum absolute atomic E-state index is 0.0838. The topological polar surface area (TPSA) is 59.8 Å². The van der Waals surface area contributed by atoms with Gasteiger partial charge in [-0.05, 0) is 42.5 Å². The van der Waals surface area contributed by atoms with Crippen LogP contribution < -0.4 is 5.32 Å². The molecule has 2 aliphatic carbocycles. The van der Waals surface area contributed by atoms with Crippen LogP contribution in [-0.2, 0) is 23.2 Å². The van der Waals surface area contributed by atoms with Crippen molar-refractivity contribution >= 4 is 5.91 Å². The third-order valence-corrected chi connectivity index (χ3v) is 5.83. The molecular weight excluding hydrogens is 324 g/mol. The number of aromatic nitrogens is 3. The van der Waals surface area contributed by atoms with Crippen LogP contribution in [0.4, 0.5) is 0 Å². The van der Waals surface area contributed by atoms with E-state index in [1.54, 1.807) is 17.1 Å². The first-order valence-corrected chi connectivity index (χ1v) is 9.08. The van der Waals surface area contributed by atoms with Gasteiger partial charge in [0, 0.05) is 42.0 Å². The molecule has 26 heavy (non-hydrogen) atoms. The van der Waals surface area contributed by atoms with Gasteiger partial charge in [0.05, 0.1) is 0 Å². The van der Waals surface area contributed by atoms with Gasteiger partial charge in [-0.2, -0.15) is 5.10 Å². The Bertz CT molecular complexity index is 966. The first-order valence-electron chi connectivity index (χ1n) is 9.08. The third-order valence-electron chi connectivity index (χ3n) is 5.83. The van der Waals surface area contributed by atoms with E-state index in [-0.39, 0.29) is 17.2 Å². The van der Waals surface area contributed by atoms with Gasteiger partial charge in [-0.3, -0.25) is 4.79 Å². The van der Waals surface area contributed by atoms with Crippen molar-refractivity contribution in [3.05, 3.63) is 77.7 Å². The number of fused-ring (bicyclic) bond motifs is 2. The number of rotatable bonds is 4. The van der Waals surface area contributed by atoms with Crippen LogP contribution in [-0.4, -0.2) is 20.7 Å². The molecule has 5 heteroatoms. The monoisotopic (exact) mass is 344 g/mol. The lowest BCUT2D eigenvalue weighted by Gasteiger charge is -2.13. The summed E-state index contributed by atoms with van der Waals surface area (Å²) in [6.45, 7) is 0.468. The van der Waals surface area contributed by atoms with Gasteiger partial charge in [0.1, 0.15) is 0 Å². The molecule has 3 aromatic rings. The summed E-state index contributed by atoms with van der Waals surface area (Å²) in [6.07, 6.45) is 8.48. The molecule has 1 aromatic carbocycles. The number of carbonyl (C=O) groups is 1. The third kappa shape index (κ3) is 2.35. The Hall–Kier alpha value is -2.95. The second-order valence-corrected chi connectivity index (χ2v) is 7.22. The average Bonchev–Trinajstić information content (AvgIpc) is 3.02. The lowest BCUT2D eigenvalue weighted by atomic mass is 9.95. The fourth-order valence-electron chi connectivity index (χ4n) is 4.41. The van der Waals surface area contributed by atoms with Crippen LogP contribution in [0.1, 0.15) is 29.5 Å². The molecule has 1 spiro atoms. The number of carbonyl (C=O) groups excluding carboxylic acids is 1. The number of hydrogen-bond donors (Lipinski definition) is 1. The molecule has 1 fully saturated rings. The molecule has 2 heterocycles. The number of hydrogen-bond acceptors (Lipinski definition) is 3. The smallest absolute Gasteiger partial charge is 0.224 e. The zero-order valence-corrected chi connectivity index (χ0v) is 14.4. The van der Waals surface area contributed by atoms with Crippen molar-refractivity contribution in [3.8, 4) is 5.82 Å². The van der Waals surface area contributed by atoms with Crippen LogP contribution in [0, 0.1) is 5.92 Å². The second-order valence-electron chi connectivity index (χ2n) is 7.22. The standard InChI is InChI=1S/C21H20N4O/c26-20(18-13-21(18)9-8-15-5-1-2-7-17(15)21)23-14-16-6-3-10-22-19(16)25-12-4-11-24-25/h1-7,10-12,18H,8-9,13-14H2,(H,23,26)/t18-,21-/m1/s1. The number of amides is 1. The number of nitrogens with zero attached hydrogens (tertiary/aromatic N) is 3. The highest BCUT2D eigenvalue weighted by atomic mass is 16.2. The molecule has 0 saturated heterocycles. The minimum atomic E-state index is 0.0838. The lowest BCUT2D eigenvalue weighted by Crippen LogP contribution is -2.28. The highest BCUT2D eigenvalue weighted by Crippen LogP contribution is 2.61. The molecule has 1 amide bonds. The van der Waals surface area contributed by atoms with Gasteiger partial charge in [-0.15, -0.1) is 0 Å². The number of benzene rings is 1. The summed E-state index contributed by atoms with van der Waals surface area (Å²) in [5, 5.41) is 7.37. The van der Waals surface area contributed by atoms with Crippen molar-refractivity contribution in [1.82, 2.24) is 20.1 Å². The van der Waals surface area contributed by atoms with Crippen molar-refractivity contribution in [2.24, 2.45) is 5.92 Å². The molecule has 2 aliphatic rings. The zero-order valence-electron chi connectivity index (χ0n) is 14.4. The molecule has 5 rings (SSSR count). The highest BCUT2D eigenvalue weighted by Gasteiger charge is 2.61. The lowest BCUT2D eigenvalue weighted by molar-refractivity contribution is -0.122. The number of nitrogens with one attached hydrogen (secondary N) is 1. The van der Waals surface area contributed by atoms with Gasteiger partial charge in [0.25, 0.3) is 0 Å². The van der Waals surface area contributed by atoms with Crippen LogP contribution in [0.25, 0.3) is 5.82 Å². The van der Waals surface area contributed by atoms with E-state index >= 15 is 0 Å². The van der Waals surface area contributed by atoms with Gasteiger partial charge in [0.15, 0.2) is 5.82 Å². The molecule has 0 bridgehead atoms. The highest BCUT2D eigenvalue weighted by molar-refractivity contribution is 5.85. The Morgan fingerprint density at radius 2 is 2.12 bits per heavy atom. The first-order chi connectivity index (χ1) is 12.8. The van der Waals surface area contributed by atoms with E-state index in [0.717, 1.165) is 30.6 Å². The summed E-state index contributed by atoms with van der Waals surface area (Å²) in [5.74, 6) is 1.00. The van der Waals surface area contributed by atoms with E-state index in [0.29, 0.717) is 6.54 Å². The van der Waals surface area contributed by atoms with Crippen LogP contribution in [0.3, 0.4) is 0 Å². The van der Waals surface area contributed by atoms with Gasteiger partial charge in [-0.1, -0.05) is 30.3 Å². The number of pyridine rings is 1. The summed E-state index contributed by atoms with van der Waals surface area (Å²) in [5.41, 5.74) is 3.85. The zero-order chi connectivity index (χ0) is 17.6. The maximum Gasteiger partial charge on any atom is 0.224 e. The van der Waals surface area contributed by atoms with Crippen molar-refractivity contribution in [3.63, 3.8) is 0 Å². The Morgan fingerprint density at radius 3 is 3.00 bits per heavy atom. The predicted molar refractivity (Wildman–Crippen MR) is 97.8 cm³/mol. The summed E-state index contributed by atoms with van der Waals surface area (Å²) in [4.78, 5) is 17.2. The summed E-state index contributed by atoms with van der Waals surface area (Å²) in [7, 11) is 0. The quantitative estimate of drug-likeness (QED) is 0.792. The maximum absolute atomic E-state index is 12.8.